The SMILES string of the molecule is COc1cccc(C)c1C1(C(=O)O)CC(O)C1. The number of methoxy groups -OCH3 is 1. The van der Waals surface area contributed by atoms with Crippen LogP contribution in [-0.4, -0.2) is 29.4 Å². The molecule has 0 bridgehead atoms. The van der Waals surface area contributed by atoms with Gasteiger partial charge >= 0.3 is 5.97 Å². The number of rotatable bonds is 3. The number of aryl methyl sites for hydroxylation is 1. The molecule has 0 aliphatic heterocycles. The van der Waals surface area contributed by atoms with Gasteiger partial charge in [0.25, 0.3) is 0 Å². The largest absolute Gasteiger partial charge is 0.496 e. The lowest BCUT2D eigenvalue weighted by atomic mass is 9.61. The molecule has 0 aromatic heterocycles. The van der Waals surface area contributed by atoms with Crippen LogP contribution in [0.5, 0.6) is 5.75 Å². The third-order valence-electron chi connectivity index (χ3n) is 3.51. The molecular weight excluding hydrogens is 220 g/mol. The Morgan fingerprint density at radius 2 is 2.12 bits per heavy atom. The molecule has 2 N–H and O–H groups in total. The van der Waals surface area contributed by atoms with E-state index in [4.69, 9.17) is 4.74 Å². The molecule has 0 saturated heterocycles. The van der Waals surface area contributed by atoms with E-state index in [1.54, 1.807) is 6.07 Å². The van der Waals surface area contributed by atoms with E-state index in [0.29, 0.717) is 11.3 Å². The zero-order chi connectivity index (χ0) is 12.6. The number of carboxylic acid groups (broad SMARTS) is 1. The van der Waals surface area contributed by atoms with Crippen LogP contribution in [0.1, 0.15) is 24.0 Å². The molecule has 1 aliphatic carbocycles. The Hall–Kier alpha value is -1.55. The number of hydrogen-bond donors (Lipinski definition) is 2. The monoisotopic (exact) mass is 236 g/mol. The summed E-state index contributed by atoms with van der Waals surface area (Å²) in [4.78, 5) is 11.5. The average molecular weight is 236 g/mol. The normalized spacial score (nSPS) is 27.4. The molecule has 92 valence electrons. The summed E-state index contributed by atoms with van der Waals surface area (Å²) in [7, 11) is 1.53. The number of carboxylic acids is 1. The smallest absolute Gasteiger partial charge is 0.314 e. The van der Waals surface area contributed by atoms with Crippen molar-refractivity contribution in [1.82, 2.24) is 0 Å². The standard InChI is InChI=1S/C13H16O4/c1-8-4-3-5-10(17-2)11(8)13(12(15)16)6-9(14)7-13/h3-5,9,14H,6-7H2,1-2H3,(H,15,16). The molecule has 0 spiro atoms. The molecule has 0 radical (unpaired) electrons. The maximum atomic E-state index is 11.5. The van der Waals surface area contributed by atoms with Crippen molar-refractivity contribution in [2.75, 3.05) is 7.11 Å². The molecule has 0 unspecified atom stereocenters. The first-order valence-corrected chi connectivity index (χ1v) is 5.57. The summed E-state index contributed by atoms with van der Waals surface area (Å²) >= 11 is 0. The summed E-state index contributed by atoms with van der Waals surface area (Å²) in [5.41, 5.74) is 0.592. The summed E-state index contributed by atoms with van der Waals surface area (Å²) in [6.07, 6.45) is -0.0250. The van der Waals surface area contributed by atoms with Crippen molar-refractivity contribution >= 4 is 5.97 Å². The second kappa shape index (κ2) is 4.04. The third kappa shape index (κ3) is 1.69. The number of carbonyl (C=O) groups is 1. The first kappa shape index (κ1) is 11.9. The van der Waals surface area contributed by atoms with E-state index in [0.717, 1.165) is 5.56 Å². The second-order valence-electron chi connectivity index (χ2n) is 4.60. The Bertz CT molecular complexity index is 447. The van der Waals surface area contributed by atoms with Crippen molar-refractivity contribution in [1.29, 1.82) is 0 Å². The lowest BCUT2D eigenvalue weighted by molar-refractivity contribution is -0.153. The highest BCUT2D eigenvalue weighted by molar-refractivity contribution is 5.84. The van der Waals surface area contributed by atoms with Gasteiger partial charge in [0.05, 0.1) is 13.2 Å². The molecule has 0 heterocycles. The number of aliphatic hydroxyl groups excluding tert-OH is 1. The van der Waals surface area contributed by atoms with Crippen molar-refractivity contribution in [2.24, 2.45) is 0 Å². The van der Waals surface area contributed by atoms with Crippen molar-refractivity contribution in [3.05, 3.63) is 29.3 Å². The predicted molar refractivity (Wildman–Crippen MR) is 62.3 cm³/mol. The topological polar surface area (TPSA) is 66.8 Å². The molecule has 2 rings (SSSR count). The Morgan fingerprint density at radius 1 is 1.47 bits per heavy atom. The first-order chi connectivity index (χ1) is 8.01. The Balaban J connectivity index is 2.55. The van der Waals surface area contributed by atoms with Crippen LogP contribution in [0, 0.1) is 6.92 Å². The van der Waals surface area contributed by atoms with E-state index >= 15 is 0 Å². The number of aliphatic carboxylic acids is 1. The average Bonchev–Trinajstić information content (AvgIpc) is 2.24. The van der Waals surface area contributed by atoms with E-state index in [1.807, 2.05) is 19.1 Å². The second-order valence-corrected chi connectivity index (χ2v) is 4.60. The highest BCUT2D eigenvalue weighted by Gasteiger charge is 2.53. The molecule has 0 amide bonds. The maximum Gasteiger partial charge on any atom is 0.314 e. The van der Waals surface area contributed by atoms with Gasteiger partial charge in [0, 0.05) is 5.56 Å². The minimum atomic E-state index is -0.990. The minimum absolute atomic E-state index is 0.254. The highest BCUT2D eigenvalue weighted by Crippen LogP contribution is 2.48. The fraction of sp³-hybridized carbons (Fsp3) is 0.462. The van der Waals surface area contributed by atoms with E-state index in [1.165, 1.54) is 7.11 Å². The van der Waals surface area contributed by atoms with Gasteiger partial charge in [-0.05, 0) is 31.4 Å². The van der Waals surface area contributed by atoms with Crippen molar-refractivity contribution in [3.8, 4) is 5.75 Å². The summed E-state index contributed by atoms with van der Waals surface area (Å²) in [5, 5.41) is 18.9. The molecule has 1 saturated carbocycles. The third-order valence-corrected chi connectivity index (χ3v) is 3.51. The first-order valence-electron chi connectivity index (χ1n) is 5.57. The van der Waals surface area contributed by atoms with Crippen LogP contribution in [0.15, 0.2) is 18.2 Å². The summed E-state index contributed by atoms with van der Waals surface area (Å²) in [6, 6.07) is 5.47. The van der Waals surface area contributed by atoms with Crippen LogP contribution in [-0.2, 0) is 10.2 Å². The fourth-order valence-corrected chi connectivity index (χ4v) is 2.65. The molecule has 1 aromatic rings. The van der Waals surface area contributed by atoms with Gasteiger partial charge in [-0.2, -0.15) is 0 Å². The van der Waals surface area contributed by atoms with Gasteiger partial charge in [-0.15, -0.1) is 0 Å². The zero-order valence-corrected chi connectivity index (χ0v) is 9.93. The van der Waals surface area contributed by atoms with Crippen LogP contribution >= 0.6 is 0 Å². The zero-order valence-electron chi connectivity index (χ0n) is 9.93. The number of hydrogen-bond acceptors (Lipinski definition) is 3. The number of aliphatic hydroxyl groups is 1. The van der Waals surface area contributed by atoms with Crippen LogP contribution in [0.4, 0.5) is 0 Å². The molecule has 4 nitrogen and oxygen atoms in total. The Morgan fingerprint density at radius 3 is 2.59 bits per heavy atom. The lowest BCUT2D eigenvalue weighted by Gasteiger charge is -2.43. The van der Waals surface area contributed by atoms with Gasteiger partial charge in [0.2, 0.25) is 0 Å². The Labute approximate surface area is 99.8 Å². The van der Waals surface area contributed by atoms with Crippen LogP contribution in [0.3, 0.4) is 0 Å². The predicted octanol–water partition coefficient (Wildman–Crippen LogP) is 1.48. The Kier molecular flexibility index (Phi) is 2.83. The van der Waals surface area contributed by atoms with Crippen molar-refractivity contribution < 1.29 is 19.7 Å². The van der Waals surface area contributed by atoms with Crippen molar-refractivity contribution in [2.45, 2.75) is 31.3 Å². The molecule has 1 fully saturated rings. The summed E-state index contributed by atoms with van der Waals surface area (Å²) < 4.78 is 5.25. The van der Waals surface area contributed by atoms with E-state index < -0.39 is 17.5 Å². The molecule has 1 aliphatic rings. The van der Waals surface area contributed by atoms with Gasteiger partial charge in [-0.1, -0.05) is 12.1 Å². The summed E-state index contributed by atoms with van der Waals surface area (Å²) in [5.74, 6) is -0.310. The lowest BCUT2D eigenvalue weighted by Crippen LogP contribution is -2.51. The molecule has 1 aromatic carbocycles. The van der Waals surface area contributed by atoms with Crippen LogP contribution in [0.25, 0.3) is 0 Å². The number of ether oxygens (including phenoxy) is 1. The van der Waals surface area contributed by atoms with Crippen LogP contribution in [0.2, 0.25) is 0 Å². The fourth-order valence-electron chi connectivity index (χ4n) is 2.65. The quantitative estimate of drug-likeness (QED) is 0.834. The van der Waals surface area contributed by atoms with Crippen LogP contribution < -0.4 is 4.74 Å². The van der Waals surface area contributed by atoms with Gasteiger partial charge in [0.1, 0.15) is 11.2 Å². The van der Waals surface area contributed by atoms with Crippen molar-refractivity contribution in [3.63, 3.8) is 0 Å². The molecule has 0 atom stereocenters. The number of benzene rings is 1. The van der Waals surface area contributed by atoms with E-state index in [2.05, 4.69) is 0 Å². The molecule has 4 heteroatoms. The summed E-state index contributed by atoms with van der Waals surface area (Å²) in [6.45, 7) is 1.87. The van der Waals surface area contributed by atoms with Gasteiger partial charge in [0.15, 0.2) is 0 Å². The van der Waals surface area contributed by atoms with E-state index in [9.17, 15) is 15.0 Å². The minimum Gasteiger partial charge on any atom is -0.496 e. The van der Waals surface area contributed by atoms with E-state index in [-0.39, 0.29) is 12.8 Å². The maximum absolute atomic E-state index is 11.5. The van der Waals surface area contributed by atoms with Gasteiger partial charge < -0.3 is 14.9 Å². The molecule has 17 heavy (non-hydrogen) atoms. The van der Waals surface area contributed by atoms with Gasteiger partial charge in [-0.3, -0.25) is 4.79 Å². The highest BCUT2D eigenvalue weighted by atomic mass is 16.5. The van der Waals surface area contributed by atoms with Gasteiger partial charge in [-0.25, -0.2) is 0 Å². The molecular formula is C13H16O4.